The molecule has 2 N–H and O–H groups in total. The molecule has 0 aliphatic rings. The Morgan fingerprint density at radius 3 is 2.45 bits per heavy atom. The topological polar surface area (TPSA) is 127 Å². The Kier molecular flexibility index (Phi) is 3.83. The summed E-state index contributed by atoms with van der Waals surface area (Å²) in [4.78, 5) is 13.9. The Morgan fingerprint density at radius 1 is 1.25 bits per heavy atom. The minimum Gasteiger partial charge on any atom is -0.360 e. The second-order valence-electron chi connectivity index (χ2n) is 3.90. The number of amides is 1. The van der Waals surface area contributed by atoms with Crippen molar-refractivity contribution in [3.63, 3.8) is 0 Å². The van der Waals surface area contributed by atoms with Gasteiger partial charge in [0.15, 0.2) is 5.76 Å². The van der Waals surface area contributed by atoms with Gasteiger partial charge in [-0.1, -0.05) is 9.64 Å². The summed E-state index contributed by atoms with van der Waals surface area (Å²) in [6.45, 7) is 4.55. The fourth-order valence-corrected chi connectivity index (χ4v) is 3.24. The van der Waals surface area contributed by atoms with E-state index in [1.807, 2.05) is 4.83 Å². The molecule has 0 bridgehead atoms. The molecular weight excluding hydrogens is 306 g/mol. The molecule has 9 nitrogen and oxygen atoms in total. The van der Waals surface area contributed by atoms with Crippen LogP contribution in [0.5, 0.6) is 0 Å². The predicted octanol–water partition coefficient (Wildman–Crippen LogP) is 0.0747. The zero-order valence-corrected chi connectivity index (χ0v) is 12.4. The number of hydrazine groups is 1. The lowest BCUT2D eigenvalue weighted by molar-refractivity contribution is 0.0948. The molecular formula is C9H11N5O4S2. The van der Waals surface area contributed by atoms with Gasteiger partial charge in [-0.25, -0.2) is 8.42 Å². The highest BCUT2D eigenvalue weighted by molar-refractivity contribution is 7.89. The van der Waals surface area contributed by atoms with Crippen molar-refractivity contribution in [1.82, 2.24) is 25.0 Å². The number of nitrogens with zero attached hydrogens (tertiary/aromatic N) is 3. The van der Waals surface area contributed by atoms with Crippen LogP contribution in [-0.2, 0) is 10.0 Å². The van der Waals surface area contributed by atoms with Crippen molar-refractivity contribution in [2.45, 2.75) is 25.7 Å². The summed E-state index contributed by atoms with van der Waals surface area (Å²) in [7, 11) is -3.95. The number of sulfonamides is 1. The Bertz CT molecular complexity index is 729. The SMILES string of the molecule is Cc1nnsc1C(=O)NNS(=O)(=O)c1c(C)noc1C. The molecule has 2 aromatic rings. The monoisotopic (exact) mass is 317 g/mol. The zero-order chi connectivity index (χ0) is 14.9. The van der Waals surface area contributed by atoms with Crippen molar-refractivity contribution in [2.24, 2.45) is 0 Å². The lowest BCUT2D eigenvalue weighted by atomic mass is 10.4. The fourth-order valence-electron chi connectivity index (χ4n) is 1.52. The minimum absolute atomic E-state index is 0.100. The van der Waals surface area contributed by atoms with E-state index in [1.54, 1.807) is 6.92 Å². The van der Waals surface area contributed by atoms with Crippen LogP contribution in [0.15, 0.2) is 9.42 Å². The molecule has 11 heteroatoms. The van der Waals surface area contributed by atoms with E-state index in [2.05, 4.69) is 20.2 Å². The molecule has 0 radical (unpaired) electrons. The van der Waals surface area contributed by atoms with Gasteiger partial charge in [0.2, 0.25) is 0 Å². The molecule has 108 valence electrons. The Hall–Kier alpha value is -1.85. The van der Waals surface area contributed by atoms with Gasteiger partial charge >= 0.3 is 0 Å². The highest BCUT2D eigenvalue weighted by Crippen LogP contribution is 2.18. The van der Waals surface area contributed by atoms with Crippen LogP contribution in [0.2, 0.25) is 0 Å². The number of aryl methyl sites for hydroxylation is 3. The maximum Gasteiger partial charge on any atom is 0.279 e. The number of rotatable bonds is 4. The highest BCUT2D eigenvalue weighted by Gasteiger charge is 2.25. The molecule has 0 saturated carbocycles. The Morgan fingerprint density at radius 2 is 1.95 bits per heavy atom. The third-order valence-electron chi connectivity index (χ3n) is 2.39. The standard InChI is InChI=1S/C9H11N5O4S2/c1-4-7(19-13-10-4)9(15)11-14-20(16,17)8-5(2)12-18-6(8)3/h14H,1-3H3,(H,11,15). The van der Waals surface area contributed by atoms with Crippen molar-refractivity contribution in [3.05, 3.63) is 22.0 Å². The highest BCUT2D eigenvalue weighted by atomic mass is 32.2. The first kappa shape index (κ1) is 14.6. The quantitative estimate of drug-likeness (QED) is 0.764. The van der Waals surface area contributed by atoms with Crippen LogP contribution >= 0.6 is 11.5 Å². The van der Waals surface area contributed by atoms with Crippen LogP contribution in [0, 0.1) is 20.8 Å². The van der Waals surface area contributed by atoms with Crippen molar-refractivity contribution in [2.75, 3.05) is 0 Å². The maximum absolute atomic E-state index is 12.0. The molecule has 0 unspecified atom stereocenters. The summed E-state index contributed by atoms with van der Waals surface area (Å²) in [5.41, 5.74) is 2.72. The van der Waals surface area contributed by atoms with E-state index in [9.17, 15) is 13.2 Å². The molecule has 0 aliphatic heterocycles. The Labute approximate surface area is 118 Å². The van der Waals surface area contributed by atoms with E-state index in [-0.39, 0.29) is 21.2 Å². The third-order valence-corrected chi connectivity index (χ3v) is 4.71. The van der Waals surface area contributed by atoms with Crippen LogP contribution in [0.25, 0.3) is 0 Å². The molecule has 0 fully saturated rings. The molecule has 0 spiro atoms. The van der Waals surface area contributed by atoms with E-state index in [0.717, 1.165) is 11.5 Å². The zero-order valence-electron chi connectivity index (χ0n) is 10.8. The van der Waals surface area contributed by atoms with Crippen LogP contribution in [0.3, 0.4) is 0 Å². The van der Waals surface area contributed by atoms with Crippen molar-refractivity contribution >= 4 is 27.5 Å². The second kappa shape index (κ2) is 5.26. The summed E-state index contributed by atoms with van der Waals surface area (Å²) in [5.74, 6) is -0.493. The first-order valence-electron chi connectivity index (χ1n) is 5.37. The lowest BCUT2D eigenvalue weighted by Crippen LogP contribution is -2.41. The van der Waals surface area contributed by atoms with Crippen molar-refractivity contribution in [1.29, 1.82) is 0 Å². The largest absolute Gasteiger partial charge is 0.360 e. The number of hydrogen-bond donors (Lipinski definition) is 2. The van der Waals surface area contributed by atoms with Gasteiger partial charge in [0.25, 0.3) is 15.9 Å². The van der Waals surface area contributed by atoms with E-state index in [0.29, 0.717) is 5.69 Å². The lowest BCUT2D eigenvalue weighted by Gasteiger charge is -2.06. The number of nitrogens with one attached hydrogen (secondary N) is 2. The Balaban J connectivity index is 2.15. The first-order valence-corrected chi connectivity index (χ1v) is 7.62. The normalized spacial score (nSPS) is 11.6. The van der Waals surface area contributed by atoms with Crippen molar-refractivity contribution < 1.29 is 17.7 Å². The second-order valence-corrected chi connectivity index (χ2v) is 6.27. The molecule has 0 saturated heterocycles. The van der Waals surface area contributed by atoms with Gasteiger partial charge in [-0.15, -0.1) is 9.93 Å². The summed E-state index contributed by atoms with van der Waals surface area (Å²) >= 11 is 0.873. The van der Waals surface area contributed by atoms with Crippen LogP contribution in [0.1, 0.15) is 26.8 Å². The maximum atomic E-state index is 12.0. The van der Waals surface area contributed by atoms with E-state index in [4.69, 9.17) is 4.52 Å². The molecule has 2 rings (SSSR count). The van der Waals surface area contributed by atoms with E-state index < -0.39 is 15.9 Å². The first-order chi connectivity index (χ1) is 9.33. The van der Waals surface area contributed by atoms with Gasteiger partial charge in [-0.3, -0.25) is 10.2 Å². The minimum atomic E-state index is -3.95. The fraction of sp³-hybridized carbons (Fsp3) is 0.333. The average Bonchev–Trinajstić information content (AvgIpc) is 2.93. The average molecular weight is 317 g/mol. The molecule has 0 atom stereocenters. The van der Waals surface area contributed by atoms with Gasteiger partial charge in [-0.2, -0.15) is 0 Å². The van der Waals surface area contributed by atoms with Gasteiger partial charge in [0.05, 0.1) is 5.69 Å². The number of carbonyl (C=O) groups is 1. The van der Waals surface area contributed by atoms with Gasteiger partial charge in [0, 0.05) is 0 Å². The number of aromatic nitrogens is 3. The van der Waals surface area contributed by atoms with Crippen LogP contribution < -0.4 is 10.3 Å². The molecule has 0 aliphatic carbocycles. The van der Waals surface area contributed by atoms with Gasteiger partial charge in [0.1, 0.15) is 15.5 Å². The smallest absolute Gasteiger partial charge is 0.279 e. The van der Waals surface area contributed by atoms with Crippen molar-refractivity contribution in [3.8, 4) is 0 Å². The van der Waals surface area contributed by atoms with Gasteiger partial charge < -0.3 is 4.52 Å². The van der Waals surface area contributed by atoms with Crippen LogP contribution in [-0.4, -0.2) is 29.1 Å². The molecule has 0 aromatic carbocycles. The third kappa shape index (κ3) is 2.69. The summed E-state index contributed by atoms with van der Waals surface area (Å²) in [5, 5.41) is 7.21. The summed E-state index contributed by atoms with van der Waals surface area (Å²) in [6.07, 6.45) is 0. The van der Waals surface area contributed by atoms with Crippen LogP contribution in [0.4, 0.5) is 0 Å². The van der Waals surface area contributed by atoms with E-state index >= 15 is 0 Å². The molecule has 20 heavy (non-hydrogen) atoms. The number of carbonyl (C=O) groups excluding carboxylic acids is 1. The molecule has 1 amide bonds. The van der Waals surface area contributed by atoms with Gasteiger partial charge in [-0.05, 0) is 32.3 Å². The summed E-state index contributed by atoms with van der Waals surface area (Å²) in [6, 6.07) is 0. The van der Waals surface area contributed by atoms with E-state index in [1.165, 1.54) is 13.8 Å². The predicted molar refractivity (Wildman–Crippen MR) is 68.4 cm³/mol. The molecule has 2 aromatic heterocycles. The summed E-state index contributed by atoms with van der Waals surface area (Å²) < 4.78 is 32.5. The number of hydrogen-bond acceptors (Lipinski definition) is 8. The molecule has 2 heterocycles.